The molecule has 1 N–H and O–H groups in total. The van der Waals surface area contributed by atoms with Gasteiger partial charge in [0.05, 0.1) is 31.0 Å². The fourth-order valence-corrected chi connectivity index (χ4v) is 3.79. The maximum atomic E-state index is 13.0. The zero-order valence-electron chi connectivity index (χ0n) is 16.6. The lowest BCUT2D eigenvalue weighted by Crippen LogP contribution is -2.28. The molecular weight excluding hydrogens is 414 g/mol. The number of ether oxygens (including phenoxy) is 1. The van der Waals surface area contributed by atoms with Gasteiger partial charge < -0.3 is 14.3 Å². The Balaban J connectivity index is 1.61. The molecule has 31 heavy (non-hydrogen) atoms. The zero-order chi connectivity index (χ0) is 21.6. The molecule has 1 saturated heterocycles. The van der Waals surface area contributed by atoms with Crippen LogP contribution in [0, 0.1) is 0 Å². The largest absolute Gasteiger partial charge is 0.507 e. The number of hydrogen-bond donors (Lipinski definition) is 1. The van der Waals surface area contributed by atoms with Gasteiger partial charge >= 0.3 is 0 Å². The number of carbonyl (C=O) groups excluding carboxylic acids is 1. The lowest BCUT2D eigenvalue weighted by atomic mass is 10.2. The number of phenolic OH excluding ortho intramolecular Hbond substituents is 1. The Morgan fingerprint density at radius 3 is 2.65 bits per heavy atom. The highest BCUT2D eigenvalue weighted by Crippen LogP contribution is 2.35. The van der Waals surface area contributed by atoms with Crippen LogP contribution in [0.3, 0.4) is 0 Å². The number of nitrogens with zero attached hydrogens (tertiary/aromatic N) is 3. The van der Waals surface area contributed by atoms with Crippen LogP contribution in [-0.2, 0) is 11.3 Å². The molecule has 156 valence electrons. The Morgan fingerprint density at radius 1 is 1.13 bits per heavy atom. The summed E-state index contributed by atoms with van der Waals surface area (Å²) in [6, 6.07) is 17.8. The Labute approximate surface area is 183 Å². The van der Waals surface area contributed by atoms with Crippen LogP contribution >= 0.6 is 11.8 Å². The van der Waals surface area contributed by atoms with Crippen LogP contribution in [0.5, 0.6) is 11.5 Å². The number of thioether (sulfide) groups is 1. The van der Waals surface area contributed by atoms with Crippen molar-refractivity contribution in [3.63, 3.8) is 0 Å². The molecule has 1 aliphatic rings. The molecule has 0 atom stereocenters. The Hall–Kier alpha value is -3.78. The first-order valence-corrected chi connectivity index (χ1v) is 10.2. The average molecular weight is 433 g/mol. The molecular formula is C23H19N3O4S. The van der Waals surface area contributed by atoms with E-state index in [0.717, 1.165) is 11.3 Å². The predicted octanol–water partition coefficient (Wildman–Crippen LogP) is 4.50. The minimum atomic E-state index is -0.233. The van der Waals surface area contributed by atoms with Gasteiger partial charge in [0.15, 0.2) is 5.17 Å². The summed E-state index contributed by atoms with van der Waals surface area (Å²) >= 11 is 1.19. The third-order valence-corrected chi connectivity index (χ3v) is 5.47. The van der Waals surface area contributed by atoms with Crippen LogP contribution in [0.25, 0.3) is 6.08 Å². The number of para-hydroxylation sites is 1. The number of furan rings is 1. The number of methoxy groups -OCH3 is 1. The molecule has 7 nitrogen and oxygen atoms in total. The number of amides is 1. The molecule has 0 radical (unpaired) electrons. The number of carbonyl (C=O) groups is 1. The van der Waals surface area contributed by atoms with Crippen molar-refractivity contribution in [3.8, 4) is 11.5 Å². The second-order valence-electron chi connectivity index (χ2n) is 6.54. The van der Waals surface area contributed by atoms with Gasteiger partial charge in [-0.15, -0.1) is 5.10 Å². The Kier molecular flexibility index (Phi) is 6.18. The molecule has 0 unspecified atom stereocenters. The molecule has 1 fully saturated rings. The van der Waals surface area contributed by atoms with Crippen LogP contribution < -0.4 is 4.74 Å². The zero-order valence-corrected chi connectivity index (χ0v) is 17.5. The van der Waals surface area contributed by atoms with Crippen molar-refractivity contribution in [2.24, 2.45) is 10.2 Å². The van der Waals surface area contributed by atoms with Gasteiger partial charge in [-0.3, -0.25) is 9.69 Å². The topological polar surface area (TPSA) is 87.6 Å². The highest BCUT2D eigenvalue weighted by molar-refractivity contribution is 8.18. The quantitative estimate of drug-likeness (QED) is 0.351. The van der Waals surface area contributed by atoms with Gasteiger partial charge in [0.1, 0.15) is 17.3 Å². The summed E-state index contributed by atoms with van der Waals surface area (Å²) in [6.45, 7) is 0.230. The van der Waals surface area contributed by atoms with Crippen molar-refractivity contribution >= 4 is 35.1 Å². The van der Waals surface area contributed by atoms with Crippen molar-refractivity contribution in [2.45, 2.75) is 6.54 Å². The third kappa shape index (κ3) is 4.87. The smallest absolute Gasteiger partial charge is 0.267 e. The van der Waals surface area contributed by atoms with Gasteiger partial charge in [-0.05, 0) is 65.9 Å². The van der Waals surface area contributed by atoms with Crippen molar-refractivity contribution in [2.75, 3.05) is 7.11 Å². The van der Waals surface area contributed by atoms with E-state index in [9.17, 15) is 9.90 Å². The lowest BCUT2D eigenvalue weighted by molar-refractivity contribution is -0.122. The van der Waals surface area contributed by atoms with Crippen LogP contribution in [0.4, 0.5) is 0 Å². The summed E-state index contributed by atoms with van der Waals surface area (Å²) in [6.07, 6.45) is 4.81. The summed E-state index contributed by atoms with van der Waals surface area (Å²) in [5.74, 6) is 1.25. The predicted molar refractivity (Wildman–Crippen MR) is 121 cm³/mol. The average Bonchev–Trinajstić information content (AvgIpc) is 3.40. The number of hydrogen-bond acceptors (Lipinski definition) is 7. The van der Waals surface area contributed by atoms with E-state index in [4.69, 9.17) is 9.15 Å². The molecule has 4 rings (SSSR count). The highest BCUT2D eigenvalue weighted by atomic mass is 32.2. The van der Waals surface area contributed by atoms with Crippen molar-refractivity contribution < 1.29 is 19.1 Å². The standard InChI is InChI=1S/C23H19N3O4S/c1-29-18-10-8-16(9-11-18)14-24-25-23-26(15-19-6-4-12-30-19)22(28)21(31-23)13-17-5-2-3-7-20(17)27/h2-14,27H,15H2,1H3/b21-13-,24-14+,25-23-. The molecule has 8 heteroatoms. The molecule has 1 amide bonds. The second kappa shape index (κ2) is 9.36. The van der Waals surface area contributed by atoms with Crippen molar-refractivity contribution in [3.05, 3.63) is 88.7 Å². The number of rotatable bonds is 6. The molecule has 0 spiro atoms. The fourth-order valence-electron chi connectivity index (χ4n) is 2.87. The lowest BCUT2D eigenvalue weighted by Gasteiger charge is -2.12. The van der Waals surface area contributed by atoms with E-state index < -0.39 is 0 Å². The summed E-state index contributed by atoms with van der Waals surface area (Å²) in [7, 11) is 1.61. The first-order valence-electron chi connectivity index (χ1n) is 9.41. The van der Waals surface area contributed by atoms with Crippen LogP contribution in [0.2, 0.25) is 0 Å². The maximum absolute atomic E-state index is 13.0. The Morgan fingerprint density at radius 2 is 1.94 bits per heavy atom. The molecule has 1 aromatic heterocycles. The van der Waals surface area contributed by atoms with E-state index in [1.165, 1.54) is 16.7 Å². The first-order chi connectivity index (χ1) is 15.1. The minimum absolute atomic E-state index is 0.101. The van der Waals surface area contributed by atoms with E-state index >= 15 is 0 Å². The fraction of sp³-hybridized carbons (Fsp3) is 0.0870. The molecule has 2 aromatic carbocycles. The van der Waals surface area contributed by atoms with Gasteiger partial charge in [0.25, 0.3) is 5.91 Å². The van der Waals surface area contributed by atoms with Crippen LogP contribution in [-0.4, -0.2) is 34.4 Å². The SMILES string of the molecule is COc1ccc(/C=N/N=C2\S/C(=C\c3ccccc3O)C(=O)N2Cc2ccco2)cc1. The highest BCUT2D eigenvalue weighted by Gasteiger charge is 2.34. The van der Waals surface area contributed by atoms with Crippen LogP contribution in [0.15, 0.2) is 86.5 Å². The van der Waals surface area contributed by atoms with E-state index in [1.54, 1.807) is 62.1 Å². The maximum Gasteiger partial charge on any atom is 0.267 e. The molecule has 0 aliphatic carbocycles. The number of amidine groups is 1. The Bertz CT molecular complexity index is 1150. The van der Waals surface area contributed by atoms with Gasteiger partial charge in [0.2, 0.25) is 0 Å². The van der Waals surface area contributed by atoms with Gasteiger partial charge in [-0.25, -0.2) is 0 Å². The van der Waals surface area contributed by atoms with E-state index in [0.29, 0.717) is 21.4 Å². The first kappa shape index (κ1) is 20.5. The van der Waals surface area contributed by atoms with E-state index in [1.807, 2.05) is 24.3 Å². The molecule has 2 heterocycles. The summed E-state index contributed by atoms with van der Waals surface area (Å²) < 4.78 is 10.5. The monoisotopic (exact) mass is 433 g/mol. The van der Waals surface area contributed by atoms with Gasteiger partial charge in [0, 0.05) is 5.56 Å². The molecule has 3 aromatic rings. The summed E-state index contributed by atoms with van der Waals surface area (Å²) in [5.41, 5.74) is 1.40. The molecule has 1 aliphatic heterocycles. The number of aromatic hydroxyl groups is 1. The van der Waals surface area contributed by atoms with Crippen molar-refractivity contribution in [1.82, 2.24) is 4.90 Å². The number of benzene rings is 2. The third-order valence-electron chi connectivity index (χ3n) is 4.47. The van der Waals surface area contributed by atoms with Crippen LogP contribution in [0.1, 0.15) is 16.9 Å². The van der Waals surface area contributed by atoms with Gasteiger partial charge in [-0.1, -0.05) is 18.2 Å². The molecule has 0 bridgehead atoms. The second-order valence-corrected chi connectivity index (χ2v) is 7.55. The molecule has 0 saturated carbocycles. The summed E-state index contributed by atoms with van der Waals surface area (Å²) in [5, 5.41) is 18.9. The number of phenols is 1. The normalized spacial score (nSPS) is 16.7. The van der Waals surface area contributed by atoms with E-state index in [-0.39, 0.29) is 18.2 Å². The van der Waals surface area contributed by atoms with Gasteiger partial charge in [-0.2, -0.15) is 5.10 Å². The minimum Gasteiger partial charge on any atom is -0.507 e. The van der Waals surface area contributed by atoms with Crippen molar-refractivity contribution in [1.29, 1.82) is 0 Å². The van der Waals surface area contributed by atoms with E-state index in [2.05, 4.69) is 10.2 Å². The summed E-state index contributed by atoms with van der Waals surface area (Å²) in [4.78, 5) is 15.0.